The predicted molar refractivity (Wildman–Crippen MR) is 67.6 cm³/mol. The quantitative estimate of drug-likeness (QED) is 0.610. The lowest BCUT2D eigenvalue weighted by Gasteiger charge is -2.26. The summed E-state index contributed by atoms with van der Waals surface area (Å²) in [5.74, 6) is -1.67. The number of nitrogens with zero attached hydrogens (tertiary/aromatic N) is 1. The Hall–Kier alpha value is -2.17. The summed E-state index contributed by atoms with van der Waals surface area (Å²) in [4.78, 5) is 37.4. The molecule has 0 aliphatic carbocycles. The Bertz CT molecular complexity index is 515. The van der Waals surface area contributed by atoms with Crippen LogP contribution in [0.15, 0.2) is 24.3 Å². The number of methoxy groups -OCH3 is 1. The first-order valence-corrected chi connectivity index (χ1v) is 6.03. The molecule has 1 aliphatic heterocycles. The van der Waals surface area contributed by atoms with Crippen molar-refractivity contribution in [2.75, 3.05) is 7.11 Å². The van der Waals surface area contributed by atoms with E-state index in [-0.39, 0.29) is 5.92 Å². The van der Waals surface area contributed by atoms with Gasteiger partial charge in [-0.25, -0.2) is 4.79 Å². The molecule has 0 saturated carbocycles. The average Bonchev–Trinajstić information content (AvgIpc) is 2.64. The lowest BCUT2D eigenvalue weighted by Crippen LogP contribution is -2.48. The second-order valence-corrected chi connectivity index (χ2v) is 4.74. The van der Waals surface area contributed by atoms with Crippen molar-refractivity contribution < 1.29 is 19.1 Å². The van der Waals surface area contributed by atoms with Crippen LogP contribution in [-0.4, -0.2) is 35.8 Å². The molecule has 5 heteroatoms. The number of hydrogen-bond acceptors (Lipinski definition) is 4. The lowest BCUT2D eigenvalue weighted by molar-refractivity contribution is -0.146. The molecule has 0 spiro atoms. The minimum Gasteiger partial charge on any atom is -0.467 e. The standard InChI is InChI=1S/C14H15NO4/c1-8(2)11(14(18)19-3)15-12(16)9-6-4-5-7-10(9)13(15)17/h4-8,11H,1-3H3. The molecule has 1 aliphatic rings. The van der Waals surface area contributed by atoms with Gasteiger partial charge in [0.25, 0.3) is 11.8 Å². The van der Waals surface area contributed by atoms with Gasteiger partial charge in [0.05, 0.1) is 18.2 Å². The van der Waals surface area contributed by atoms with Crippen LogP contribution in [0.1, 0.15) is 34.6 Å². The van der Waals surface area contributed by atoms with E-state index in [1.54, 1.807) is 38.1 Å². The molecule has 0 saturated heterocycles. The zero-order chi connectivity index (χ0) is 14.2. The first-order chi connectivity index (χ1) is 8.99. The summed E-state index contributed by atoms with van der Waals surface area (Å²) in [6.07, 6.45) is 0. The van der Waals surface area contributed by atoms with Gasteiger partial charge in [-0.3, -0.25) is 14.5 Å². The minimum atomic E-state index is -0.891. The van der Waals surface area contributed by atoms with Gasteiger partial charge in [-0.2, -0.15) is 0 Å². The highest BCUT2D eigenvalue weighted by Gasteiger charge is 2.44. The molecule has 0 fully saturated rings. The van der Waals surface area contributed by atoms with E-state index in [0.29, 0.717) is 11.1 Å². The summed E-state index contributed by atoms with van der Waals surface area (Å²) >= 11 is 0. The molecular weight excluding hydrogens is 246 g/mol. The van der Waals surface area contributed by atoms with Crippen LogP contribution < -0.4 is 0 Å². The Kier molecular flexibility index (Phi) is 3.38. The van der Waals surface area contributed by atoms with Crippen LogP contribution in [0.25, 0.3) is 0 Å². The van der Waals surface area contributed by atoms with Gasteiger partial charge in [0.15, 0.2) is 0 Å². The van der Waals surface area contributed by atoms with E-state index in [0.717, 1.165) is 4.90 Å². The normalized spacial score (nSPS) is 15.7. The van der Waals surface area contributed by atoms with Gasteiger partial charge in [0.2, 0.25) is 0 Å². The SMILES string of the molecule is COC(=O)C(C(C)C)N1C(=O)c2ccccc2C1=O. The highest BCUT2D eigenvalue weighted by atomic mass is 16.5. The summed E-state index contributed by atoms with van der Waals surface area (Å²) in [7, 11) is 1.25. The molecule has 2 amide bonds. The molecule has 100 valence electrons. The highest BCUT2D eigenvalue weighted by Crippen LogP contribution is 2.27. The van der Waals surface area contributed by atoms with Gasteiger partial charge in [0.1, 0.15) is 6.04 Å². The van der Waals surface area contributed by atoms with Crippen LogP contribution in [0.3, 0.4) is 0 Å². The van der Waals surface area contributed by atoms with E-state index in [2.05, 4.69) is 0 Å². The molecule has 0 bridgehead atoms. The molecular formula is C14H15NO4. The average molecular weight is 261 g/mol. The van der Waals surface area contributed by atoms with E-state index in [4.69, 9.17) is 4.74 Å². The van der Waals surface area contributed by atoms with Crippen molar-refractivity contribution in [2.24, 2.45) is 5.92 Å². The molecule has 1 atom stereocenters. The van der Waals surface area contributed by atoms with Crippen LogP contribution in [0.2, 0.25) is 0 Å². The zero-order valence-corrected chi connectivity index (χ0v) is 11.0. The molecule has 1 aromatic carbocycles. The van der Waals surface area contributed by atoms with Crippen molar-refractivity contribution in [3.05, 3.63) is 35.4 Å². The van der Waals surface area contributed by atoms with Crippen molar-refractivity contribution in [1.29, 1.82) is 0 Å². The zero-order valence-electron chi connectivity index (χ0n) is 11.0. The van der Waals surface area contributed by atoms with Gasteiger partial charge in [-0.15, -0.1) is 0 Å². The molecule has 1 unspecified atom stereocenters. The fourth-order valence-electron chi connectivity index (χ4n) is 2.26. The highest BCUT2D eigenvalue weighted by molar-refractivity contribution is 6.22. The van der Waals surface area contributed by atoms with Gasteiger partial charge in [-0.1, -0.05) is 26.0 Å². The van der Waals surface area contributed by atoms with Gasteiger partial charge < -0.3 is 4.74 Å². The van der Waals surface area contributed by atoms with Crippen molar-refractivity contribution in [1.82, 2.24) is 4.90 Å². The van der Waals surface area contributed by atoms with E-state index in [1.807, 2.05) is 0 Å². The second-order valence-electron chi connectivity index (χ2n) is 4.74. The van der Waals surface area contributed by atoms with E-state index >= 15 is 0 Å². The number of benzene rings is 1. The summed E-state index contributed by atoms with van der Waals surface area (Å²) < 4.78 is 4.70. The first kappa shape index (κ1) is 13.3. The Morgan fingerprint density at radius 2 is 1.58 bits per heavy atom. The number of amides is 2. The Balaban J connectivity index is 2.45. The van der Waals surface area contributed by atoms with Crippen LogP contribution in [0.4, 0.5) is 0 Å². The number of esters is 1. The number of ether oxygens (including phenoxy) is 1. The largest absolute Gasteiger partial charge is 0.467 e. The van der Waals surface area contributed by atoms with Crippen LogP contribution in [0, 0.1) is 5.92 Å². The Morgan fingerprint density at radius 1 is 1.11 bits per heavy atom. The van der Waals surface area contributed by atoms with E-state index < -0.39 is 23.8 Å². The summed E-state index contributed by atoms with van der Waals surface area (Å²) in [6.45, 7) is 3.54. The van der Waals surface area contributed by atoms with E-state index in [9.17, 15) is 14.4 Å². The fraction of sp³-hybridized carbons (Fsp3) is 0.357. The molecule has 2 rings (SSSR count). The molecule has 19 heavy (non-hydrogen) atoms. The number of carbonyl (C=O) groups is 3. The molecule has 5 nitrogen and oxygen atoms in total. The smallest absolute Gasteiger partial charge is 0.329 e. The maximum absolute atomic E-state index is 12.3. The monoisotopic (exact) mass is 261 g/mol. The molecule has 1 heterocycles. The molecule has 0 N–H and O–H groups in total. The van der Waals surface area contributed by atoms with Crippen molar-refractivity contribution >= 4 is 17.8 Å². The second kappa shape index (κ2) is 4.84. The van der Waals surface area contributed by atoms with Gasteiger partial charge >= 0.3 is 5.97 Å². The third-order valence-electron chi connectivity index (χ3n) is 3.18. The first-order valence-electron chi connectivity index (χ1n) is 6.03. The number of imide groups is 1. The summed E-state index contributed by atoms with van der Waals surface area (Å²) in [5, 5.41) is 0. The van der Waals surface area contributed by atoms with Crippen LogP contribution in [0.5, 0.6) is 0 Å². The summed E-state index contributed by atoms with van der Waals surface area (Å²) in [5.41, 5.74) is 0.670. The summed E-state index contributed by atoms with van der Waals surface area (Å²) in [6, 6.07) is 5.66. The van der Waals surface area contributed by atoms with E-state index in [1.165, 1.54) is 7.11 Å². The Labute approximate surface area is 111 Å². The maximum atomic E-state index is 12.3. The van der Waals surface area contributed by atoms with Crippen molar-refractivity contribution in [2.45, 2.75) is 19.9 Å². The third kappa shape index (κ3) is 2.01. The minimum absolute atomic E-state index is 0.213. The number of carbonyl (C=O) groups excluding carboxylic acids is 3. The van der Waals surface area contributed by atoms with Crippen LogP contribution in [-0.2, 0) is 9.53 Å². The molecule has 0 radical (unpaired) electrons. The number of hydrogen-bond donors (Lipinski definition) is 0. The van der Waals surface area contributed by atoms with Crippen LogP contribution >= 0.6 is 0 Å². The predicted octanol–water partition coefficient (Wildman–Crippen LogP) is 1.48. The fourth-order valence-corrected chi connectivity index (χ4v) is 2.26. The Morgan fingerprint density at radius 3 is 1.95 bits per heavy atom. The van der Waals surface area contributed by atoms with Crippen molar-refractivity contribution in [3.8, 4) is 0 Å². The van der Waals surface area contributed by atoms with Gasteiger partial charge in [0, 0.05) is 0 Å². The van der Waals surface area contributed by atoms with Crippen molar-refractivity contribution in [3.63, 3.8) is 0 Å². The molecule has 0 aromatic heterocycles. The maximum Gasteiger partial charge on any atom is 0.329 e. The topological polar surface area (TPSA) is 63.7 Å². The third-order valence-corrected chi connectivity index (χ3v) is 3.18. The molecule has 1 aromatic rings. The van der Waals surface area contributed by atoms with Gasteiger partial charge in [-0.05, 0) is 18.1 Å². The number of rotatable bonds is 3. The number of fused-ring (bicyclic) bond motifs is 1. The lowest BCUT2D eigenvalue weighted by atomic mass is 10.0.